The lowest BCUT2D eigenvalue weighted by atomic mass is 9.91. The van der Waals surface area contributed by atoms with E-state index in [0.29, 0.717) is 12.5 Å². The number of piperidine rings is 1. The lowest BCUT2D eigenvalue weighted by Gasteiger charge is -2.33. The Morgan fingerprint density at radius 1 is 1.08 bits per heavy atom. The Balaban J connectivity index is 0.000000317. The molecule has 2 aromatic heterocycles. The van der Waals surface area contributed by atoms with Gasteiger partial charge in [-0.1, -0.05) is 6.07 Å². The van der Waals surface area contributed by atoms with Gasteiger partial charge in [0, 0.05) is 19.3 Å². The van der Waals surface area contributed by atoms with Crippen molar-refractivity contribution in [2.75, 3.05) is 13.1 Å². The number of hydrogen-bond donors (Lipinski definition) is 3. The van der Waals surface area contributed by atoms with Crippen molar-refractivity contribution in [1.29, 1.82) is 0 Å². The molecule has 39 heavy (non-hydrogen) atoms. The first-order chi connectivity index (χ1) is 18.2. The van der Waals surface area contributed by atoms with Crippen LogP contribution in [-0.4, -0.2) is 75.6 Å². The van der Waals surface area contributed by atoms with Crippen LogP contribution in [0, 0.1) is 5.92 Å². The van der Waals surface area contributed by atoms with Gasteiger partial charge in [0.1, 0.15) is 6.10 Å². The Bertz CT molecular complexity index is 1040. The Morgan fingerprint density at radius 3 is 2.23 bits per heavy atom. The number of fused-ring (bicyclic) bond motifs is 1. The van der Waals surface area contributed by atoms with Gasteiger partial charge in [0.25, 0.3) is 0 Å². The maximum atomic E-state index is 12.4. The average molecular weight is 586 g/mol. The molecule has 3 N–H and O–H groups in total. The second-order valence-corrected chi connectivity index (χ2v) is 9.24. The van der Waals surface area contributed by atoms with Gasteiger partial charge in [-0.15, -0.1) is 0 Å². The smallest absolute Gasteiger partial charge is 0.475 e. The lowest BCUT2D eigenvalue weighted by Crippen LogP contribution is -2.42. The van der Waals surface area contributed by atoms with E-state index in [0.717, 1.165) is 38.2 Å². The maximum absolute atomic E-state index is 12.4. The predicted molar refractivity (Wildman–Crippen MR) is 124 cm³/mol. The molecule has 2 fully saturated rings. The van der Waals surface area contributed by atoms with Crippen LogP contribution in [0.25, 0.3) is 0 Å². The van der Waals surface area contributed by atoms with Gasteiger partial charge in [-0.2, -0.15) is 37.7 Å². The van der Waals surface area contributed by atoms with Gasteiger partial charge in [0.05, 0.1) is 18.3 Å². The number of halogens is 6. The van der Waals surface area contributed by atoms with Gasteiger partial charge in [-0.25, -0.2) is 9.59 Å². The van der Waals surface area contributed by atoms with E-state index < -0.39 is 24.3 Å². The molecule has 0 aliphatic carbocycles. The van der Waals surface area contributed by atoms with Crippen LogP contribution < -0.4 is 5.32 Å². The molecule has 216 valence electrons. The molecule has 2 saturated heterocycles. The van der Waals surface area contributed by atoms with Gasteiger partial charge in [0.15, 0.2) is 0 Å². The number of amides is 1. The third-order valence-corrected chi connectivity index (χ3v) is 6.30. The number of ether oxygens (including phenoxy) is 1. The number of aromatic nitrogens is 1. The number of carboxylic acid groups (broad SMARTS) is 2. The summed E-state index contributed by atoms with van der Waals surface area (Å²) >= 11 is 1.74. The van der Waals surface area contributed by atoms with Crippen molar-refractivity contribution < 1.29 is 55.7 Å². The minimum Gasteiger partial charge on any atom is -0.475 e. The Labute approximate surface area is 222 Å². The molecule has 16 heteroatoms. The Hall–Kier alpha value is -3.24. The van der Waals surface area contributed by atoms with E-state index in [1.165, 1.54) is 5.56 Å². The highest BCUT2D eigenvalue weighted by Gasteiger charge is 2.42. The zero-order valence-electron chi connectivity index (χ0n) is 20.1. The third-order valence-electron chi connectivity index (χ3n) is 5.57. The zero-order chi connectivity index (χ0) is 29.2. The number of thiophene rings is 1. The van der Waals surface area contributed by atoms with E-state index >= 15 is 0 Å². The summed E-state index contributed by atoms with van der Waals surface area (Å²) in [5.74, 6) is -5.02. The summed E-state index contributed by atoms with van der Waals surface area (Å²) in [7, 11) is 0. The van der Waals surface area contributed by atoms with Gasteiger partial charge in [-0.3, -0.25) is 14.7 Å². The summed E-state index contributed by atoms with van der Waals surface area (Å²) in [6.45, 7) is 3.44. The van der Waals surface area contributed by atoms with E-state index in [1.807, 2.05) is 18.2 Å². The zero-order valence-corrected chi connectivity index (χ0v) is 20.9. The van der Waals surface area contributed by atoms with Crippen LogP contribution >= 0.6 is 11.3 Å². The van der Waals surface area contributed by atoms with Crippen molar-refractivity contribution >= 4 is 29.2 Å². The summed E-state index contributed by atoms with van der Waals surface area (Å²) in [5.41, 5.74) is 2.24. The Kier molecular flexibility index (Phi) is 11.7. The number of carbonyl (C=O) groups is 3. The van der Waals surface area contributed by atoms with Crippen LogP contribution in [0.15, 0.2) is 41.2 Å². The lowest BCUT2D eigenvalue weighted by molar-refractivity contribution is -0.193. The summed E-state index contributed by atoms with van der Waals surface area (Å²) < 4.78 is 69.6. The normalized spacial score (nSPS) is 20.9. The second kappa shape index (κ2) is 14.2. The number of likely N-dealkylation sites (tertiary alicyclic amines) is 1. The molecule has 3 atom stereocenters. The molecule has 0 spiro atoms. The molecule has 9 nitrogen and oxygen atoms in total. The molecule has 1 amide bonds. The molecule has 2 aliphatic heterocycles. The molecular formula is C23H25F6N3O6S. The number of hydrogen-bond acceptors (Lipinski definition) is 7. The maximum Gasteiger partial charge on any atom is 0.490 e. The van der Waals surface area contributed by atoms with Crippen LogP contribution in [0.3, 0.4) is 0 Å². The van der Waals surface area contributed by atoms with E-state index in [9.17, 15) is 31.1 Å². The van der Waals surface area contributed by atoms with E-state index in [2.05, 4.69) is 32.0 Å². The van der Waals surface area contributed by atoms with E-state index in [1.54, 1.807) is 17.5 Å². The predicted octanol–water partition coefficient (Wildman–Crippen LogP) is 3.71. The molecule has 4 rings (SSSR count). The van der Waals surface area contributed by atoms with Crippen LogP contribution in [0.4, 0.5) is 26.3 Å². The number of aliphatic carboxylic acids is 2. The largest absolute Gasteiger partial charge is 0.490 e. The molecule has 0 aromatic carbocycles. The van der Waals surface area contributed by atoms with Crippen molar-refractivity contribution in [3.63, 3.8) is 0 Å². The number of nitrogens with zero attached hydrogens (tertiary/aromatic N) is 2. The Morgan fingerprint density at radius 2 is 1.72 bits per heavy atom. The highest BCUT2D eigenvalue weighted by Crippen LogP contribution is 2.34. The number of rotatable bonds is 5. The molecule has 0 radical (unpaired) electrons. The number of nitrogens with one attached hydrogen (secondary N) is 1. The number of carbonyl (C=O) groups excluding carboxylic acids is 1. The quantitative estimate of drug-likeness (QED) is 0.453. The van der Waals surface area contributed by atoms with Crippen molar-refractivity contribution in [2.24, 2.45) is 5.92 Å². The van der Waals surface area contributed by atoms with Crippen LogP contribution in [0.1, 0.15) is 24.1 Å². The minimum absolute atomic E-state index is 0.00978. The fourth-order valence-corrected chi connectivity index (χ4v) is 4.40. The third kappa shape index (κ3) is 11.2. The monoisotopic (exact) mass is 585 g/mol. The fourth-order valence-electron chi connectivity index (χ4n) is 3.74. The highest BCUT2D eigenvalue weighted by molar-refractivity contribution is 7.07. The van der Waals surface area contributed by atoms with Crippen molar-refractivity contribution in [2.45, 2.75) is 50.5 Å². The van der Waals surface area contributed by atoms with E-state index in [-0.39, 0.29) is 18.1 Å². The molecular weight excluding hydrogens is 560 g/mol. The summed E-state index contributed by atoms with van der Waals surface area (Å²) in [4.78, 5) is 36.9. The van der Waals surface area contributed by atoms with E-state index in [4.69, 9.17) is 24.5 Å². The molecule has 0 saturated carbocycles. The molecule has 4 heterocycles. The van der Waals surface area contributed by atoms with Gasteiger partial charge >= 0.3 is 24.3 Å². The average Bonchev–Trinajstić information content (AvgIpc) is 3.52. The highest BCUT2D eigenvalue weighted by atomic mass is 32.1. The molecule has 2 aliphatic rings. The van der Waals surface area contributed by atoms with Crippen LogP contribution in [0.2, 0.25) is 0 Å². The topological polar surface area (TPSA) is 129 Å². The van der Waals surface area contributed by atoms with Gasteiger partial charge in [0.2, 0.25) is 5.91 Å². The van der Waals surface area contributed by atoms with Crippen molar-refractivity contribution in [1.82, 2.24) is 15.2 Å². The van der Waals surface area contributed by atoms with Gasteiger partial charge in [-0.05, 0) is 59.8 Å². The first kappa shape index (κ1) is 32.0. The first-order valence-electron chi connectivity index (χ1n) is 11.3. The van der Waals surface area contributed by atoms with Crippen LogP contribution in [-0.2, 0) is 32.2 Å². The summed E-state index contributed by atoms with van der Waals surface area (Å²) in [5, 5.41) is 21.5. The number of carboxylic acids is 2. The standard InChI is InChI=1S/C19H23N3O2S.2C2HF3O2/c23-19(21-10-16-3-1-2-6-20-16)17-9-15-4-7-22(12-18(15)24-17)11-14-5-8-25-13-14;2*3-2(4,5)1(6)7/h1-3,5-6,8,13,15,17-18H,4,7,9-12H2,(H,21,23);2*(H,6,7)/t15-,17-,18-;;/m0../s1. The number of alkyl halides is 6. The molecule has 0 bridgehead atoms. The SMILES string of the molecule is O=C(NCc1ccccn1)[C@@H]1C[C@@H]2CCN(Cc3ccsc3)C[C@@H]2O1.O=C(O)C(F)(F)F.O=C(O)C(F)(F)F. The van der Waals surface area contributed by atoms with Crippen molar-refractivity contribution in [3.05, 3.63) is 52.5 Å². The van der Waals surface area contributed by atoms with Crippen molar-refractivity contribution in [3.8, 4) is 0 Å². The van der Waals surface area contributed by atoms with Crippen LogP contribution in [0.5, 0.6) is 0 Å². The fraction of sp³-hybridized carbons (Fsp3) is 0.478. The second-order valence-electron chi connectivity index (χ2n) is 8.46. The van der Waals surface area contributed by atoms with Gasteiger partial charge < -0.3 is 20.3 Å². The molecule has 0 unspecified atom stereocenters. The first-order valence-corrected chi connectivity index (χ1v) is 12.3. The number of pyridine rings is 1. The summed E-state index contributed by atoms with van der Waals surface area (Å²) in [6.07, 6.45) is -6.62. The molecule has 2 aromatic rings. The summed E-state index contributed by atoms with van der Waals surface area (Å²) in [6, 6.07) is 7.90. The minimum atomic E-state index is -5.08.